The van der Waals surface area contributed by atoms with Crippen molar-refractivity contribution in [3.05, 3.63) is 60.8 Å². The van der Waals surface area contributed by atoms with Crippen molar-refractivity contribution in [2.24, 2.45) is 0 Å². The molecule has 0 aliphatic heterocycles. The van der Waals surface area contributed by atoms with Crippen LogP contribution >= 0.6 is 0 Å². The summed E-state index contributed by atoms with van der Waals surface area (Å²) in [5.74, 6) is -0.148. The summed E-state index contributed by atoms with van der Waals surface area (Å²) in [5.41, 5.74) is 1.69. The predicted molar refractivity (Wildman–Crippen MR) is 74.0 cm³/mol. The van der Waals surface area contributed by atoms with E-state index in [0.717, 1.165) is 16.6 Å². The minimum atomic E-state index is -0.148. The van der Waals surface area contributed by atoms with Crippen molar-refractivity contribution in [3.63, 3.8) is 0 Å². The number of nitrogens with zero attached hydrogens (tertiary/aromatic N) is 1. The fourth-order valence-electron chi connectivity index (χ4n) is 1.57. The van der Waals surface area contributed by atoms with Crippen LogP contribution in [0.15, 0.2) is 55.1 Å². The first-order valence-electron chi connectivity index (χ1n) is 5.72. The fraction of sp³-hybridized carbons (Fsp3) is 0.0667. The van der Waals surface area contributed by atoms with Crippen LogP contribution in [0.25, 0.3) is 17.0 Å². The second-order valence-electron chi connectivity index (χ2n) is 3.80. The number of nitrogens with one attached hydrogen (secondary N) is 1. The number of rotatable bonds is 4. The average molecular weight is 238 g/mol. The van der Waals surface area contributed by atoms with Crippen LogP contribution in [0.1, 0.15) is 5.69 Å². The van der Waals surface area contributed by atoms with Gasteiger partial charge in [-0.3, -0.25) is 4.79 Å². The molecule has 0 aliphatic carbocycles. The van der Waals surface area contributed by atoms with Crippen molar-refractivity contribution in [2.45, 2.75) is 0 Å². The Morgan fingerprint density at radius 1 is 1.28 bits per heavy atom. The van der Waals surface area contributed by atoms with E-state index in [1.165, 1.54) is 6.08 Å². The maximum atomic E-state index is 11.4. The summed E-state index contributed by atoms with van der Waals surface area (Å²) in [6.07, 6.45) is 4.81. The van der Waals surface area contributed by atoms with Crippen molar-refractivity contribution in [2.75, 3.05) is 6.54 Å². The summed E-state index contributed by atoms with van der Waals surface area (Å²) < 4.78 is 0. The lowest BCUT2D eigenvalue weighted by Crippen LogP contribution is -2.20. The van der Waals surface area contributed by atoms with Gasteiger partial charge < -0.3 is 5.32 Å². The number of pyridine rings is 1. The minimum Gasteiger partial charge on any atom is -0.349 e. The van der Waals surface area contributed by atoms with Gasteiger partial charge in [-0.2, -0.15) is 0 Å². The molecule has 0 saturated heterocycles. The molecule has 1 amide bonds. The molecule has 2 rings (SSSR count). The van der Waals surface area contributed by atoms with Crippen LogP contribution in [0, 0.1) is 0 Å². The molecule has 1 aromatic carbocycles. The van der Waals surface area contributed by atoms with Gasteiger partial charge in [0.05, 0.1) is 11.2 Å². The number of benzene rings is 1. The van der Waals surface area contributed by atoms with Crippen molar-refractivity contribution in [1.29, 1.82) is 0 Å². The SMILES string of the molecule is C=CCNC(=O)/C=C/c1ccc2ccccc2n1. The quantitative estimate of drug-likeness (QED) is 0.657. The summed E-state index contributed by atoms with van der Waals surface area (Å²) in [4.78, 5) is 15.8. The number of para-hydroxylation sites is 1. The standard InChI is InChI=1S/C15H14N2O/c1-2-11-16-15(18)10-9-13-8-7-12-5-3-4-6-14(12)17-13/h2-10H,1,11H2,(H,16,18)/b10-9+. The molecule has 1 aromatic heterocycles. The first kappa shape index (κ1) is 12.0. The maximum Gasteiger partial charge on any atom is 0.244 e. The van der Waals surface area contributed by atoms with Gasteiger partial charge in [-0.15, -0.1) is 6.58 Å². The lowest BCUT2D eigenvalue weighted by Gasteiger charge is -1.98. The van der Waals surface area contributed by atoms with Crippen molar-refractivity contribution < 1.29 is 4.79 Å². The van der Waals surface area contributed by atoms with Gasteiger partial charge in [0.1, 0.15) is 0 Å². The van der Waals surface area contributed by atoms with E-state index in [0.29, 0.717) is 6.54 Å². The first-order chi connectivity index (χ1) is 8.79. The molecule has 0 atom stereocenters. The molecule has 3 nitrogen and oxygen atoms in total. The van der Waals surface area contributed by atoms with Crippen molar-refractivity contribution >= 4 is 22.9 Å². The zero-order chi connectivity index (χ0) is 12.8. The van der Waals surface area contributed by atoms with Crippen LogP contribution in [0.4, 0.5) is 0 Å². The largest absolute Gasteiger partial charge is 0.349 e. The maximum absolute atomic E-state index is 11.4. The van der Waals surface area contributed by atoms with Crippen molar-refractivity contribution in [1.82, 2.24) is 10.3 Å². The Balaban J connectivity index is 2.14. The smallest absolute Gasteiger partial charge is 0.244 e. The summed E-state index contributed by atoms with van der Waals surface area (Å²) in [6.45, 7) is 4.00. The van der Waals surface area contributed by atoms with E-state index in [1.807, 2.05) is 36.4 Å². The van der Waals surface area contributed by atoms with Gasteiger partial charge in [-0.05, 0) is 18.2 Å². The van der Waals surface area contributed by atoms with Crippen LogP contribution in [0.5, 0.6) is 0 Å². The van der Waals surface area contributed by atoms with Crippen LogP contribution in [0.3, 0.4) is 0 Å². The normalized spacial score (nSPS) is 10.7. The number of amides is 1. The van der Waals surface area contributed by atoms with E-state index in [9.17, 15) is 4.79 Å². The summed E-state index contributed by atoms with van der Waals surface area (Å²) in [6, 6.07) is 11.8. The van der Waals surface area contributed by atoms with E-state index in [-0.39, 0.29) is 5.91 Å². The molecule has 0 aliphatic rings. The van der Waals surface area contributed by atoms with Gasteiger partial charge in [0.15, 0.2) is 0 Å². The third-order valence-electron chi connectivity index (χ3n) is 2.45. The molecule has 0 bridgehead atoms. The highest BCUT2D eigenvalue weighted by Gasteiger charge is 1.96. The molecular formula is C15H14N2O. The predicted octanol–water partition coefficient (Wildman–Crippen LogP) is 2.55. The third-order valence-corrected chi connectivity index (χ3v) is 2.45. The van der Waals surface area contributed by atoms with Crippen LogP contribution < -0.4 is 5.32 Å². The van der Waals surface area contributed by atoms with Gasteiger partial charge in [-0.1, -0.05) is 30.3 Å². The van der Waals surface area contributed by atoms with Gasteiger partial charge >= 0.3 is 0 Å². The Labute approximate surface area is 106 Å². The molecule has 2 aromatic rings. The lowest BCUT2D eigenvalue weighted by atomic mass is 10.2. The Bertz CT molecular complexity index is 602. The van der Waals surface area contributed by atoms with Crippen LogP contribution in [-0.4, -0.2) is 17.4 Å². The zero-order valence-corrected chi connectivity index (χ0v) is 9.97. The second-order valence-corrected chi connectivity index (χ2v) is 3.80. The highest BCUT2D eigenvalue weighted by molar-refractivity contribution is 5.92. The Morgan fingerprint density at radius 3 is 2.94 bits per heavy atom. The van der Waals surface area contributed by atoms with Gasteiger partial charge in [-0.25, -0.2) is 4.98 Å². The van der Waals surface area contributed by atoms with Gasteiger partial charge in [0, 0.05) is 18.0 Å². The summed E-state index contributed by atoms with van der Waals surface area (Å²) >= 11 is 0. The van der Waals surface area contributed by atoms with Crippen molar-refractivity contribution in [3.8, 4) is 0 Å². The third kappa shape index (κ3) is 3.04. The monoisotopic (exact) mass is 238 g/mol. The Hall–Kier alpha value is -2.42. The van der Waals surface area contributed by atoms with Gasteiger partial charge in [0.2, 0.25) is 5.91 Å². The lowest BCUT2D eigenvalue weighted by molar-refractivity contribution is -0.116. The molecule has 0 fully saturated rings. The summed E-state index contributed by atoms with van der Waals surface area (Å²) in [5, 5.41) is 3.76. The topological polar surface area (TPSA) is 42.0 Å². The molecule has 0 spiro atoms. The molecule has 0 radical (unpaired) electrons. The molecule has 18 heavy (non-hydrogen) atoms. The number of hydrogen-bond donors (Lipinski definition) is 1. The van der Waals surface area contributed by atoms with Gasteiger partial charge in [0.25, 0.3) is 0 Å². The highest BCUT2D eigenvalue weighted by atomic mass is 16.1. The molecule has 1 heterocycles. The number of hydrogen-bond acceptors (Lipinski definition) is 2. The molecule has 3 heteroatoms. The zero-order valence-electron chi connectivity index (χ0n) is 9.97. The average Bonchev–Trinajstić information content (AvgIpc) is 2.42. The van der Waals surface area contributed by atoms with Crippen LogP contribution in [-0.2, 0) is 4.79 Å². The number of carbonyl (C=O) groups is 1. The van der Waals surface area contributed by atoms with E-state index in [1.54, 1.807) is 12.2 Å². The number of fused-ring (bicyclic) bond motifs is 1. The van der Waals surface area contributed by atoms with E-state index >= 15 is 0 Å². The highest BCUT2D eigenvalue weighted by Crippen LogP contribution is 2.12. The van der Waals surface area contributed by atoms with E-state index < -0.39 is 0 Å². The van der Waals surface area contributed by atoms with E-state index in [2.05, 4.69) is 16.9 Å². The number of carbonyl (C=O) groups excluding carboxylic acids is 1. The Morgan fingerprint density at radius 2 is 2.11 bits per heavy atom. The number of aromatic nitrogens is 1. The van der Waals surface area contributed by atoms with Crippen LogP contribution in [0.2, 0.25) is 0 Å². The minimum absolute atomic E-state index is 0.148. The molecule has 90 valence electrons. The summed E-state index contributed by atoms with van der Waals surface area (Å²) in [7, 11) is 0. The first-order valence-corrected chi connectivity index (χ1v) is 5.72. The molecule has 1 N–H and O–H groups in total. The second kappa shape index (κ2) is 5.77. The molecular weight excluding hydrogens is 224 g/mol. The fourth-order valence-corrected chi connectivity index (χ4v) is 1.57. The Kier molecular flexibility index (Phi) is 3.86. The molecule has 0 unspecified atom stereocenters. The molecule has 0 saturated carbocycles. The van der Waals surface area contributed by atoms with E-state index in [4.69, 9.17) is 0 Å².